The first-order valence-corrected chi connectivity index (χ1v) is 11.2. The van der Waals surface area contributed by atoms with Gasteiger partial charge in [0.2, 0.25) is 5.91 Å². The SMILES string of the molecule is O=C1N[C@@H](CC(=O)N2CCC[C@@H](c3[nH]ncc3C(=O)N3CCOCC3)C2)c2ccccc21. The van der Waals surface area contributed by atoms with Gasteiger partial charge in [-0.2, -0.15) is 5.10 Å². The number of aromatic amines is 1. The summed E-state index contributed by atoms with van der Waals surface area (Å²) in [5.74, 6) is -0.123. The number of fused-ring (bicyclic) bond motifs is 1. The van der Waals surface area contributed by atoms with Crippen LogP contribution in [0.25, 0.3) is 0 Å². The molecule has 3 amide bonds. The predicted molar refractivity (Wildman–Crippen MR) is 115 cm³/mol. The molecular formula is C23H27N5O4. The Morgan fingerprint density at radius 2 is 1.94 bits per heavy atom. The molecule has 2 aromatic rings. The zero-order valence-corrected chi connectivity index (χ0v) is 17.9. The van der Waals surface area contributed by atoms with Crippen molar-refractivity contribution in [2.45, 2.75) is 31.2 Å². The number of H-pyrrole nitrogens is 1. The topological polar surface area (TPSA) is 108 Å². The molecule has 0 radical (unpaired) electrons. The zero-order chi connectivity index (χ0) is 22.1. The summed E-state index contributed by atoms with van der Waals surface area (Å²) in [5, 5.41) is 10.1. The van der Waals surface area contributed by atoms with Crippen molar-refractivity contribution in [3.8, 4) is 0 Å². The molecule has 9 heteroatoms. The molecule has 168 valence electrons. The monoisotopic (exact) mass is 437 g/mol. The number of amides is 3. The molecule has 2 N–H and O–H groups in total. The van der Waals surface area contributed by atoms with Crippen molar-refractivity contribution in [1.82, 2.24) is 25.3 Å². The van der Waals surface area contributed by atoms with Crippen molar-refractivity contribution in [3.63, 3.8) is 0 Å². The van der Waals surface area contributed by atoms with Gasteiger partial charge in [-0.05, 0) is 24.5 Å². The summed E-state index contributed by atoms with van der Waals surface area (Å²) >= 11 is 0. The third-order valence-corrected chi connectivity index (χ3v) is 6.64. The fraction of sp³-hybridized carbons (Fsp3) is 0.478. The van der Waals surface area contributed by atoms with Gasteiger partial charge < -0.3 is 19.9 Å². The minimum atomic E-state index is -0.294. The summed E-state index contributed by atoms with van der Waals surface area (Å²) < 4.78 is 5.35. The van der Waals surface area contributed by atoms with Gasteiger partial charge in [-0.25, -0.2) is 0 Å². The number of ether oxygens (including phenoxy) is 1. The van der Waals surface area contributed by atoms with Crippen LogP contribution < -0.4 is 5.32 Å². The number of carbonyl (C=O) groups is 3. The van der Waals surface area contributed by atoms with Crippen LogP contribution in [0.5, 0.6) is 0 Å². The third kappa shape index (κ3) is 3.88. The molecular weight excluding hydrogens is 410 g/mol. The van der Waals surface area contributed by atoms with E-state index in [9.17, 15) is 14.4 Å². The number of hydrogen-bond acceptors (Lipinski definition) is 5. The quantitative estimate of drug-likeness (QED) is 0.753. The van der Waals surface area contributed by atoms with E-state index in [0.29, 0.717) is 50.5 Å². The molecule has 2 saturated heterocycles. The van der Waals surface area contributed by atoms with Gasteiger partial charge in [0.05, 0.1) is 43.1 Å². The molecule has 0 bridgehead atoms. The zero-order valence-electron chi connectivity index (χ0n) is 17.9. The molecule has 32 heavy (non-hydrogen) atoms. The van der Waals surface area contributed by atoms with E-state index >= 15 is 0 Å². The Morgan fingerprint density at radius 3 is 2.78 bits per heavy atom. The summed E-state index contributed by atoms with van der Waals surface area (Å²) in [4.78, 5) is 41.9. The highest BCUT2D eigenvalue weighted by atomic mass is 16.5. The molecule has 0 spiro atoms. The lowest BCUT2D eigenvalue weighted by Crippen LogP contribution is -2.42. The van der Waals surface area contributed by atoms with Gasteiger partial charge in [0.25, 0.3) is 11.8 Å². The largest absolute Gasteiger partial charge is 0.378 e. The Balaban J connectivity index is 1.27. The van der Waals surface area contributed by atoms with Crippen LogP contribution in [0.1, 0.15) is 63.2 Å². The van der Waals surface area contributed by atoms with Crippen LogP contribution in [0.15, 0.2) is 30.5 Å². The van der Waals surface area contributed by atoms with Gasteiger partial charge >= 0.3 is 0 Å². The van der Waals surface area contributed by atoms with Crippen LogP contribution in [0.4, 0.5) is 0 Å². The maximum Gasteiger partial charge on any atom is 0.257 e. The molecule has 0 aliphatic carbocycles. The Hall–Kier alpha value is -3.20. The molecule has 2 atom stereocenters. The second kappa shape index (κ2) is 8.74. The number of carbonyl (C=O) groups excluding carboxylic acids is 3. The number of piperidine rings is 1. The first kappa shape index (κ1) is 20.7. The number of hydrogen-bond donors (Lipinski definition) is 2. The number of nitrogens with one attached hydrogen (secondary N) is 2. The van der Waals surface area contributed by atoms with E-state index in [1.807, 2.05) is 23.1 Å². The van der Waals surface area contributed by atoms with Gasteiger partial charge in [-0.3, -0.25) is 19.5 Å². The highest BCUT2D eigenvalue weighted by Gasteiger charge is 2.34. The molecule has 0 saturated carbocycles. The average molecular weight is 438 g/mol. The predicted octanol–water partition coefficient (Wildman–Crippen LogP) is 1.46. The van der Waals surface area contributed by atoms with Crippen molar-refractivity contribution in [1.29, 1.82) is 0 Å². The average Bonchev–Trinajstić information content (AvgIpc) is 3.45. The molecule has 9 nitrogen and oxygen atoms in total. The van der Waals surface area contributed by atoms with Crippen LogP contribution in [-0.4, -0.2) is 77.1 Å². The van der Waals surface area contributed by atoms with Crippen LogP contribution in [0.3, 0.4) is 0 Å². The van der Waals surface area contributed by atoms with Gasteiger partial charge in [-0.15, -0.1) is 0 Å². The number of benzene rings is 1. The molecule has 0 unspecified atom stereocenters. The maximum absolute atomic E-state index is 13.1. The molecule has 5 rings (SSSR count). The first-order valence-electron chi connectivity index (χ1n) is 11.2. The molecule has 4 heterocycles. The van der Waals surface area contributed by atoms with Crippen molar-refractivity contribution in [3.05, 3.63) is 52.8 Å². The number of aromatic nitrogens is 2. The number of rotatable bonds is 4. The minimum absolute atomic E-state index is 0.0114. The number of morpholine rings is 1. The first-order chi connectivity index (χ1) is 15.6. The fourth-order valence-electron chi connectivity index (χ4n) is 4.94. The maximum atomic E-state index is 13.1. The van der Waals surface area contributed by atoms with E-state index < -0.39 is 0 Å². The fourth-order valence-corrected chi connectivity index (χ4v) is 4.94. The Bertz CT molecular complexity index is 1030. The summed E-state index contributed by atoms with van der Waals surface area (Å²) in [6, 6.07) is 7.11. The van der Waals surface area contributed by atoms with Crippen molar-refractivity contribution >= 4 is 17.7 Å². The molecule has 1 aromatic heterocycles. The second-order valence-electron chi connectivity index (χ2n) is 8.60. The van der Waals surface area contributed by atoms with E-state index in [1.54, 1.807) is 17.2 Å². The number of nitrogens with zero attached hydrogens (tertiary/aromatic N) is 3. The molecule has 3 aliphatic heterocycles. The molecule has 3 aliphatic rings. The molecule has 2 fully saturated rings. The van der Waals surface area contributed by atoms with Gasteiger partial charge in [0.1, 0.15) is 0 Å². The summed E-state index contributed by atoms with van der Waals surface area (Å²) in [6.07, 6.45) is 3.57. The summed E-state index contributed by atoms with van der Waals surface area (Å²) in [7, 11) is 0. The number of likely N-dealkylation sites (tertiary alicyclic amines) is 1. The van der Waals surface area contributed by atoms with Crippen molar-refractivity contribution in [2.24, 2.45) is 0 Å². The minimum Gasteiger partial charge on any atom is -0.378 e. The van der Waals surface area contributed by atoms with Crippen LogP contribution in [0, 0.1) is 0 Å². The highest BCUT2D eigenvalue weighted by molar-refractivity contribution is 5.99. The highest BCUT2D eigenvalue weighted by Crippen LogP contribution is 2.31. The van der Waals surface area contributed by atoms with Crippen LogP contribution >= 0.6 is 0 Å². The second-order valence-corrected chi connectivity index (χ2v) is 8.60. The Morgan fingerprint density at radius 1 is 1.12 bits per heavy atom. The summed E-state index contributed by atoms with van der Waals surface area (Å²) in [6.45, 7) is 3.46. The van der Waals surface area contributed by atoms with E-state index in [2.05, 4.69) is 15.5 Å². The Labute approximate surface area is 186 Å². The van der Waals surface area contributed by atoms with E-state index in [0.717, 1.165) is 24.1 Å². The van der Waals surface area contributed by atoms with Crippen molar-refractivity contribution in [2.75, 3.05) is 39.4 Å². The van der Waals surface area contributed by atoms with E-state index in [4.69, 9.17) is 4.74 Å². The van der Waals surface area contributed by atoms with Gasteiger partial charge in [0, 0.05) is 37.7 Å². The third-order valence-electron chi connectivity index (χ3n) is 6.64. The lowest BCUT2D eigenvalue weighted by Gasteiger charge is -2.34. The van der Waals surface area contributed by atoms with Crippen LogP contribution in [0.2, 0.25) is 0 Å². The lowest BCUT2D eigenvalue weighted by atomic mass is 9.91. The normalized spacial score (nSPS) is 23.1. The van der Waals surface area contributed by atoms with E-state index in [-0.39, 0.29) is 36.1 Å². The van der Waals surface area contributed by atoms with Gasteiger partial charge in [-0.1, -0.05) is 18.2 Å². The molecule has 1 aromatic carbocycles. The van der Waals surface area contributed by atoms with Crippen LogP contribution in [-0.2, 0) is 9.53 Å². The standard InChI is InChI=1S/C23H27N5O4/c29-20(12-19-16-5-1-2-6-17(16)22(30)25-19)28-7-3-4-15(14-28)21-18(13-24-26-21)23(31)27-8-10-32-11-9-27/h1-2,5-6,13,15,19H,3-4,7-12,14H2,(H,24,26)(H,25,30)/t15-,19+/m1/s1. The smallest absolute Gasteiger partial charge is 0.257 e. The van der Waals surface area contributed by atoms with E-state index in [1.165, 1.54) is 0 Å². The van der Waals surface area contributed by atoms with Gasteiger partial charge in [0.15, 0.2) is 0 Å². The van der Waals surface area contributed by atoms with Crippen molar-refractivity contribution < 1.29 is 19.1 Å². The lowest BCUT2D eigenvalue weighted by molar-refractivity contribution is -0.132. The Kier molecular flexibility index (Phi) is 5.65. The summed E-state index contributed by atoms with van der Waals surface area (Å²) in [5.41, 5.74) is 2.92.